The Hall–Kier alpha value is -0.500. The quantitative estimate of drug-likeness (QED) is 0.456. The maximum atomic E-state index is 12.4. The van der Waals surface area contributed by atoms with Crippen molar-refractivity contribution in [3.63, 3.8) is 0 Å². The van der Waals surface area contributed by atoms with Gasteiger partial charge in [0.15, 0.2) is 5.92 Å². The second kappa shape index (κ2) is 5.90. The zero-order chi connectivity index (χ0) is 13.9. The van der Waals surface area contributed by atoms with E-state index in [0.717, 1.165) is 0 Å². The lowest BCUT2D eigenvalue weighted by molar-refractivity contribution is -0.292. The lowest BCUT2D eigenvalue weighted by atomic mass is 9.92. The number of alkyl halides is 6. The smallest absolute Gasteiger partial charge is 0.271 e. The number of hydrogen-bond donors (Lipinski definition) is 2. The van der Waals surface area contributed by atoms with E-state index in [0.29, 0.717) is 0 Å². The number of hydrazine groups is 1. The molecule has 0 aromatic heterocycles. The van der Waals surface area contributed by atoms with E-state index in [4.69, 9.17) is 5.84 Å². The summed E-state index contributed by atoms with van der Waals surface area (Å²) < 4.78 is 74.2. The van der Waals surface area contributed by atoms with Crippen molar-refractivity contribution in [2.24, 2.45) is 17.7 Å². The van der Waals surface area contributed by atoms with E-state index in [1.54, 1.807) is 19.3 Å². The van der Waals surface area contributed by atoms with Gasteiger partial charge in [-0.2, -0.15) is 26.3 Å². The molecular formula is C9H16F6N2. The fraction of sp³-hybridized carbons (Fsp3) is 1.00. The molecule has 0 aromatic carbocycles. The van der Waals surface area contributed by atoms with Gasteiger partial charge in [0.25, 0.3) is 0 Å². The molecule has 0 aliphatic heterocycles. The first-order chi connectivity index (χ1) is 7.50. The maximum absolute atomic E-state index is 12.4. The van der Waals surface area contributed by atoms with E-state index in [2.05, 4.69) is 0 Å². The third-order valence-electron chi connectivity index (χ3n) is 2.38. The molecule has 0 saturated heterocycles. The van der Waals surface area contributed by atoms with Crippen molar-refractivity contribution in [3.8, 4) is 0 Å². The van der Waals surface area contributed by atoms with Crippen LogP contribution in [0.15, 0.2) is 0 Å². The number of nitrogens with one attached hydrogen (secondary N) is 1. The molecular weight excluding hydrogens is 250 g/mol. The van der Waals surface area contributed by atoms with Crippen molar-refractivity contribution in [3.05, 3.63) is 0 Å². The molecule has 0 heterocycles. The van der Waals surface area contributed by atoms with Gasteiger partial charge in [-0.25, -0.2) is 0 Å². The van der Waals surface area contributed by atoms with Crippen LogP contribution in [0.25, 0.3) is 0 Å². The molecule has 8 heteroatoms. The van der Waals surface area contributed by atoms with Gasteiger partial charge in [-0.15, -0.1) is 0 Å². The summed E-state index contributed by atoms with van der Waals surface area (Å²) in [4.78, 5) is 0. The van der Waals surface area contributed by atoms with Crippen LogP contribution in [0.2, 0.25) is 0 Å². The van der Waals surface area contributed by atoms with Crippen molar-refractivity contribution < 1.29 is 26.3 Å². The summed E-state index contributed by atoms with van der Waals surface area (Å²) in [7, 11) is 0. The highest BCUT2D eigenvalue weighted by Crippen LogP contribution is 2.42. The topological polar surface area (TPSA) is 38.0 Å². The number of rotatable bonds is 5. The third-order valence-corrected chi connectivity index (χ3v) is 2.38. The van der Waals surface area contributed by atoms with Gasteiger partial charge in [0.1, 0.15) is 0 Å². The van der Waals surface area contributed by atoms with Gasteiger partial charge >= 0.3 is 12.4 Å². The zero-order valence-corrected chi connectivity index (χ0v) is 9.49. The average molecular weight is 266 g/mol. The Bertz CT molecular complexity index is 209. The maximum Gasteiger partial charge on any atom is 0.402 e. The van der Waals surface area contributed by atoms with Gasteiger partial charge in [-0.1, -0.05) is 13.8 Å². The molecule has 0 amide bonds. The lowest BCUT2D eigenvalue weighted by Gasteiger charge is -2.30. The number of hydrogen-bond acceptors (Lipinski definition) is 2. The first-order valence-electron chi connectivity index (χ1n) is 5.09. The lowest BCUT2D eigenvalue weighted by Crippen LogP contribution is -2.53. The van der Waals surface area contributed by atoms with Crippen LogP contribution in [0.4, 0.5) is 26.3 Å². The van der Waals surface area contributed by atoms with Crippen LogP contribution in [0.1, 0.15) is 26.7 Å². The minimum absolute atomic E-state index is 0.00738. The molecule has 0 radical (unpaired) electrons. The monoisotopic (exact) mass is 266 g/mol. The van der Waals surface area contributed by atoms with Crippen LogP contribution in [-0.4, -0.2) is 18.4 Å². The SMILES string of the molecule is CC(C)CCC(NN)C(C(F)(F)F)C(F)(F)F. The van der Waals surface area contributed by atoms with E-state index in [-0.39, 0.29) is 18.8 Å². The summed E-state index contributed by atoms with van der Waals surface area (Å²) in [5.41, 5.74) is 1.63. The van der Waals surface area contributed by atoms with Crippen molar-refractivity contribution in [2.45, 2.75) is 45.1 Å². The second-order valence-electron chi connectivity index (χ2n) is 4.31. The fourth-order valence-electron chi connectivity index (χ4n) is 1.50. The minimum atomic E-state index is -5.35. The minimum Gasteiger partial charge on any atom is -0.271 e. The van der Waals surface area contributed by atoms with Crippen LogP contribution in [0.3, 0.4) is 0 Å². The highest BCUT2D eigenvalue weighted by atomic mass is 19.4. The van der Waals surface area contributed by atoms with Crippen molar-refractivity contribution >= 4 is 0 Å². The first-order valence-corrected chi connectivity index (χ1v) is 5.09. The fourth-order valence-corrected chi connectivity index (χ4v) is 1.50. The summed E-state index contributed by atoms with van der Waals surface area (Å²) in [6.07, 6.45) is -10.8. The predicted octanol–water partition coefficient (Wildman–Crippen LogP) is 3.00. The van der Waals surface area contributed by atoms with Crippen LogP contribution < -0.4 is 11.3 Å². The van der Waals surface area contributed by atoms with Crippen molar-refractivity contribution in [1.29, 1.82) is 0 Å². The van der Waals surface area contributed by atoms with Crippen LogP contribution in [0, 0.1) is 11.8 Å². The van der Waals surface area contributed by atoms with E-state index >= 15 is 0 Å². The molecule has 1 unspecified atom stereocenters. The Balaban J connectivity index is 4.88. The van der Waals surface area contributed by atoms with E-state index in [1.165, 1.54) is 0 Å². The van der Waals surface area contributed by atoms with Gasteiger partial charge in [0.2, 0.25) is 0 Å². The predicted molar refractivity (Wildman–Crippen MR) is 50.8 cm³/mol. The highest BCUT2D eigenvalue weighted by molar-refractivity contribution is 4.86. The highest BCUT2D eigenvalue weighted by Gasteiger charge is 2.59. The summed E-state index contributed by atoms with van der Waals surface area (Å²) in [5.74, 6) is 1.38. The van der Waals surface area contributed by atoms with Crippen molar-refractivity contribution in [2.75, 3.05) is 0 Å². The largest absolute Gasteiger partial charge is 0.402 e. The van der Waals surface area contributed by atoms with Gasteiger partial charge in [-0.05, 0) is 18.8 Å². The standard InChI is InChI=1S/C9H16F6N2/c1-5(2)3-4-6(17-16)7(8(10,11)12)9(13,14)15/h5-7,17H,3-4,16H2,1-2H3. The van der Waals surface area contributed by atoms with Crippen LogP contribution in [0.5, 0.6) is 0 Å². The Kier molecular flexibility index (Phi) is 5.73. The summed E-state index contributed by atoms with van der Waals surface area (Å²) in [6, 6.07) is -1.85. The molecule has 0 fully saturated rings. The molecule has 17 heavy (non-hydrogen) atoms. The summed E-state index contributed by atoms with van der Waals surface area (Å²) >= 11 is 0. The molecule has 1 atom stereocenters. The van der Waals surface area contributed by atoms with Gasteiger partial charge in [0, 0.05) is 6.04 Å². The van der Waals surface area contributed by atoms with Crippen LogP contribution >= 0.6 is 0 Å². The molecule has 0 aromatic rings. The van der Waals surface area contributed by atoms with Crippen LogP contribution in [-0.2, 0) is 0 Å². The molecule has 0 rings (SSSR count). The third kappa shape index (κ3) is 5.58. The number of nitrogens with two attached hydrogens (primary N) is 1. The van der Waals surface area contributed by atoms with E-state index in [9.17, 15) is 26.3 Å². The Morgan fingerprint density at radius 1 is 0.941 bits per heavy atom. The Morgan fingerprint density at radius 3 is 1.59 bits per heavy atom. The van der Waals surface area contributed by atoms with Gasteiger partial charge < -0.3 is 0 Å². The first kappa shape index (κ1) is 16.5. The Morgan fingerprint density at radius 2 is 1.35 bits per heavy atom. The zero-order valence-electron chi connectivity index (χ0n) is 9.49. The van der Waals surface area contributed by atoms with Crippen molar-refractivity contribution in [1.82, 2.24) is 5.43 Å². The second-order valence-corrected chi connectivity index (χ2v) is 4.31. The number of halogens is 6. The molecule has 0 aliphatic carbocycles. The molecule has 0 bridgehead atoms. The molecule has 3 N–H and O–H groups in total. The van der Waals surface area contributed by atoms with Gasteiger partial charge in [-0.3, -0.25) is 11.3 Å². The van der Waals surface area contributed by atoms with E-state index < -0.39 is 24.3 Å². The summed E-state index contributed by atoms with van der Waals surface area (Å²) in [6.45, 7) is 3.42. The molecule has 104 valence electrons. The summed E-state index contributed by atoms with van der Waals surface area (Å²) in [5, 5.41) is 0. The normalized spacial score (nSPS) is 15.7. The van der Waals surface area contributed by atoms with Gasteiger partial charge in [0.05, 0.1) is 0 Å². The average Bonchev–Trinajstić information content (AvgIpc) is 2.06. The molecule has 2 nitrogen and oxygen atoms in total. The molecule has 0 aliphatic rings. The molecule has 0 saturated carbocycles. The molecule has 0 spiro atoms. The Labute approximate surface area is 95.5 Å². The van der Waals surface area contributed by atoms with E-state index in [1.807, 2.05) is 0 Å².